The molecule has 13 nitrogen and oxygen atoms in total. The maximum atomic E-state index is 12.5. The number of carboxylic acid groups (broad SMARTS) is 2. The van der Waals surface area contributed by atoms with E-state index in [0.717, 1.165) is 11.4 Å². The van der Waals surface area contributed by atoms with E-state index in [1.165, 1.54) is 0 Å². The number of hydrogen-bond acceptors (Lipinski definition) is 7. The van der Waals surface area contributed by atoms with Crippen LogP contribution in [0.25, 0.3) is 11.2 Å². The molecule has 7 N–H and O–H groups in total. The van der Waals surface area contributed by atoms with Crippen LogP contribution in [0.2, 0.25) is 0 Å². The van der Waals surface area contributed by atoms with Crippen molar-refractivity contribution in [2.75, 3.05) is 5.73 Å². The molecule has 3 heterocycles. The molecule has 0 bridgehead atoms. The normalized spacial score (nSPS) is 18.0. The topological polar surface area (TPSA) is 197 Å². The van der Waals surface area contributed by atoms with Gasteiger partial charge in [0.1, 0.15) is 12.6 Å². The van der Waals surface area contributed by atoms with Gasteiger partial charge >= 0.3 is 34.6 Å². The van der Waals surface area contributed by atoms with Gasteiger partial charge in [-0.3, -0.25) is 19.4 Å². The highest BCUT2D eigenvalue weighted by atomic mass is 16.4. The molecule has 1 aliphatic carbocycles. The van der Waals surface area contributed by atoms with Crippen LogP contribution in [0, 0.1) is 5.92 Å². The van der Waals surface area contributed by atoms with Crippen LogP contribution in [0.5, 0.6) is 0 Å². The van der Waals surface area contributed by atoms with E-state index in [1.807, 2.05) is 15.5 Å². The van der Waals surface area contributed by atoms with Crippen molar-refractivity contribution in [3.05, 3.63) is 46.2 Å². The fraction of sp³-hybridized carbons (Fsp3) is 0.350. The number of nitrogens with zero attached hydrogens (tertiary/aromatic N) is 3. The van der Waals surface area contributed by atoms with Crippen molar-refractivity contribution < 1.29 is 34.1 Å². The Morgan fingerprint density at radius 3 is 2.85 bits per heavy atom. The number of allylic oxidation sites excluding steroid dienone is 2. The number of fused-ring (bicyclic) bond motifs is 3. The average molecular weight is 457 g/mol. The Hall–Kier alpha value is -4.29. The highest BCUT2D eigenvalue weighted by molar-refractivity contribution is 5.86. The Morgan fingerprint density at radius 1 is 1.39 bits per heavy atom. The third-order valence-electron chi connectivity index (χ3n) is 5.61. The van der Waals surface area contributed by atoms with Gasteiger partial charge in [0.2, 0.25) is 18.3 Å². The summed E-state index contributed by atoms with van der Waals surface area (Å²) < 4.78 is 1.84. The fourth-order valence-electron chi connectivity index (χ4n) is 3.93. The summed E-state index contributed by atoms with van der Waals surface area (Å²) in [5.74, 6) is -3.43. The van der Waals surface area contributed by atoms with Crippen molar-refractivity contribution in [3.63, 3.8) is 0 Å². The van der Waals surface area contributed by atoms with Gasteiger partial charge in [-0.2, -0.15) is 4.57 Å². The van der Waals surface area contributed by atoms with Crippen LogP contribution < -0.4 is 26.2 Å². The lowest BCUT2D eigenvalue weighted by atomic mass is 9.97. The molecule has 1 amide bonds. The van der Waals surface area contributed by atoms with E-state index in [0.29, 0.717) is 30.8 Å². The number of nitrogen functional groups attached to an aromatic ring is 1. The first kappa shape index (κ1) is 21.9. The van der Waals surface area contributed by atoms with Gasteiger partial charge in [0.05, 0.1) is 5.92 Å². The molecule has 1 aliphatic heterocycles. The third-order valence-corrected chi connectivity index (χ3v) is 5.61. The summed E-state index contributed by atoms with van der Waals surface area (Å²) in [4.78, 5) is 58.5. The van der Waals surface area contributed by atoms with E-state index >= 15 is 0 Å². The van der Waals surface area contributed by atoms with Gasteiger partial charge in [-0.15, -0.1) is 0 Å². The zero-order chi connectivity index (χ0) is 23.7. The molecule has 0 saturated carbocycles. The number of nitrogens with one attached hydrogen (secondary N) is 3. The smallest absolute Gasteiger partial charge is 0.403 e. The van der Waals surface area contributed by atoms with Crippen LogP contribution in [0.1, 0.15) is 25.0 Å². The summed E-state index contributed by atoms with van der Waals surface area (Å²) in [5.41, 5.74) is 7.75. The molecule has 2 aromatic rings. The molecular formula is C20H23N7O6+2. The Balaban J connectivity index is 1.43. The molecule has 2 unspecified atom stereocenters. The largest absolute Gasteiger partial charge is 0.481 e. The zero-order valence-electron chi connectivity index (χ0n) is 17.4. The number of carbonyl (C=O) groups excluding carboxylic acids is 1. The Kier molecular flexibility index (Phi) is 5.77. The lowest BCUT2D eigenvalue weighted by Crippen LogP contribution is -2.44. The van der Waals surface area contributed by atoms with Crippen molar-refractivity contribution in [2.24, 2.45) is 5.92 Å². The van der Waals surface area contributed by atoms with E-state index < -0.39 is 29.8 Å². The first-order chi connectivity index (χ1) is 15.7. The SMILES string of the molecule is Nc1nc2[nH+]cc3[n+](c2c(=O)[nH]1)CN(C1=CCC(C(=O)NC(CCC(=O)O)C(=O)O)C=C1)C3. The van der Waals surface area contributed by atoms with Crippen LogP contribution in [0.4, 0.5) is 5.95 Å². The molecule has 0 aromatic carbocycles. The van der Waals surface area contributed by atoms with Crippen LogP contribution in [0.15, 0.2) is 34.9 Å². The van der Waals surface area contributed by atoms with Crippen LogP contribution >= 0.6 is 0 Å². The standard InChI is InChI=1S/C20H21N7O6/c21-20-24-16-15(18(31)25-20)27-9-26(8-12(27)7-22-16)11-3-1-10(2-4-11)17(30)23-13(19(32)33)5-6-14(28)29/h1,3-4,7,10,13H,2,5-6,8-9H2,(H5-,21,22,23,24,25,28,29,30,31,32,33)/p+2. The van der Waals surface area contributed by atoms with E-state index in [2.05, 4.69) is 20.3 Å². The average Bonchev–Trinajstić information content (AvgIpc) is 3.20. The highest BCUT2D eigenvalue weighted by Gasteiger charge is 2.35. The van der Waals surface area contributed by atoms with Gasteiger partial charge in [0, 0.05) is 17.1 Å². The van der Waals surface area contributed by atoms with E-state index in [9.17, 15) is 24.3 Å². The summed E-state index contributed by atoms with van der Waals surface area (Å²) in [6.07, 6.45) is 6.91. The van der Waals surface area contributed by atoms with Gasteiger partial charge in [-0.1, -0.05) is 12.2 Å². The molecule has 2 atom stereocenters. The monoisotopic (exact) mass is 457 g/mol. The summed E-state index contributed by atoms with van der Waals surface area (Å²) in [7, 11) is 0. The second-order valence-electron chi connectivity index (χ2n) is 7.86. The first-order valence-electron chi connectivity index (χ1n) is 10.2. The third kappa shape index (κ3) is 4.51. The maximum Gasteiger partial charge on any atom is 0.403 e. The minimum absolute atomic E-state index is 0.0227. The van der Waals surface area contributed by atoms with Gasteiger partial charge in [0.15, 0.2) is 6.20 Å². The number of hydrogen-bond donors (Lipinski definition) is 5. The molecule has 13 heteroatoms. The van der Waals surface area contributed by atoms with Crippen LogP contribution in [0.3, 0.4) is 0 Å². The van der Waals surface area contributed by atoms with E-state index in [1.54, 1.807) is 18.3 Å². The highest BCUT2D eigenvalue weighted by Crippen LogP contribution is 2.23. The molecular weight excluding hydrogens is 434 g/mol. The van der Waals surface area contributed by atoms with Gasteiger partial charge in [0.25, 0.3) is 0 Å². The van der Waals surface area contributed by atoms with Crippen molar-refractivity contribution in [1.29, 1.82) is 0 Å². The predicted octanol–water partition coefficient (Wildman–Crippen LogP) is -1.73. The minimum Gasteiger partial charge on any atom is -0.481 e. The molecule has 2 aliphatic rings. The summed E-state index contributed by atoms with van der Waals surface area (Å²) >= 11 is 0. The summed E-state index contributed by atoms with van der Waals surface area (Å²) in [6.45, 7) is 0.929. The van der Waals surface area contributed by atoms with Crippen molar-refractivity contribution in [3.8, 4) is 0 Å². The first-order valence-corrected chi connectivity index (χ1v) is 10.2. The van der Waals surface area contributed by atoms with Gasteiger partial charge in [-0.05, 0) is 18.9 Å². The van der Waals surface area contributed by atoms with Crippen molar-refractivity contribution in [2.45, 2.75) is 38.5 Å². The van der Waals surface area contributed by atoms with Crippen molar-refractivity contribution >= 4 is 35.0 Å². The number of aliphatic carboxylic acids is 2. The molecule has 172 valence electrons. The second kappa shape index (κ2) is 8.68. The quantitative estimate of drug-likeness (QED) is 0.300. The lowest BCUT2D eigenvalue weighted by molar-refractivity contribution is -0.683. The maximum absolute atomic E-state index is 12.5. The number of amides is 1. The number of rotatable bonds is 7. The molecule has 0 saturated heterocycles. The molecule has 2 aromatic heterocycles. The number of nitrogens with two attached hydrogens (primary N) is 1. The summed E-state index contributed by atoms with van der Waals surface area (Å²) in [5, 5.41) is 20.4. The van der Waals surface area contributed by atoms with Crippen molar-refractivity contribution in [1.82, 2.24) is 20.2 Å². The van der Waals surface area contributed by atoms with E-state index in [-0.39, 0.29) is 24.3 Å². The summed E-state index contributed by atoms with van der Waals surface area (Å²) in [6, 6.07) is -1.26. The zero-order valence-corrected chi connectivity index (χ0v) is 17.4. The Morgan fingerprint density at radius 2 is 2.18 bits per heavy atom. The number of carbonyl (C=O) groups is 3. The number of aromatic nitrogens is 4. The van der Waals surface area contributed by atoms with Crippen LogP contribution in [-0.2, 0) is 27.6 Å². The van der Waals surface area contributed by atoms with Gasteiger partial charge in [-0.25, -0.2) is 9.78 Å². The molecule has 0 radical (unpaired) electrons. The molecule has 0 spiro atoms. The van der Waals surface area contributed by atoms with E-state index in [4.69, 9.17) is 10.8 Å². The molecule has 33 heavy (non-hydrogen) atoms. The lowest BCUT2D eigenvalue weighted by Gasteiger charge is -2.22. The van der Waals surface area contributed by atoms with Crippen LogP contribution in [-0.4, -0.2) is 49.0 Å². The second-order valence-corrected chi connectivity index (χ2v) is 7.86. The molecule has 0 fully saturated rings. The Labute approximate surface area is 186 Å². The number of aromatic amines is 2. The minimum atomic E-state index is -1.28. The van der Waals surface area contributed by atoms with Gasteiger partial charge < -0.3 is 26.2 Å². The fourth-order valence-corrected chi connectivity index (χ4v) is 3.93. The predicted molar refractivity (Wildman–Crippen MR) is 111 cm³/mol. The number of carboxylic acids is 2. The molecule has 4 rings (SSSR count). The number of H-pyrrole nitrogens is 2. The number of anilines is 1. The Bertz CT molecular complexity index is 1270.